The van der Waals surface area contributed by atoms with E-state index < -0.39 is 16.1 Å². The largest absolute Gasteiger partial charge is 0.481 e. The number of rotatable bonds is 9. The van der Waals surface area contributed by atoms with Gasteiger partial charge in [-0.3, -0.25) is 9.69 Å². The Hall–Kier alpha value is -1.68. The van der Waals surface area contributed by atoms with E-state index >= 15 is 0 Å². The van der Waals surface area contributed by atoms with Gasteiger partial charge >= 0.3 is 0 Å². The van der Waals surface area contributed by atoms with Crippen molar-refractivity contribution in [2.24, 2.45) is 0 Å². The molecule has 1 amide bonds. The topological polar surface area (TPSA) is 97.0 Å². The molecule has 1 aliphatic heterocycles. The number of nitrogens with zero attached hydrogens (tertiary/aromatic N) is 1. The summed E-state index contributed by atoms with van der Waals surface area (Å²) in [4.78, 5) is 14.7. The highest BCUT2D eigenvalue weighted by molar-refractivity contribution is 7.89. The van der Waals surface area contributed by atoms with Gasteiger partial charge in [0, 0.05) is 32.2 Å². The fourth-order valence-corrected chi connectivity index (χ4v) is 4.79. The van der Waals surface area contributed by atoms with Gasteiger partial charge in [0.25, 0.3) is 5.91 Å². The molecule has 9 heteroatoms. The number of hydrogen-bond donors (Lipinski definition) is 2. The fourth-order valence-electron chi connectivity index (χ4n) is 3.77. The van der Waals surface area contributed by atoms with Crippen LogP contribution in [-0.4, -0.2) is 70.8 Å². The van der Waals surface area contributed by atoms with E-state index in [9.17, 15) is 13.2 Å². The van der Waals surface area contributed by atoms with Gasteiger partial charge in [0.05, 0.1) is 18.1 Å². The van der Waals surface area contributed by atoms with Crippen LogP contribution < -0.4 is 14.8 Å². The Bertz CT molecular complexity index is 772. The second-order valence-electron chi connectivity index (χ2n) is 7.93. The summed E-state index contributed by atoms with van der Waals surface area (Å²) in [6, 6.07) is 6.39. The Morgan fingerprint density at radius 3 is 2.50 bits per heavy atom. The molecule has 30 heavy (non-hydrogen) atoms. The number of morpholine rings is 1. The molecular weight excluding hydrogens is 406 g/mol. The van der Waals surface area contributed by atoms with Gasteiger partial charge in [-0.25, -0.2) is 13.1 Å². The van der Waals surface area contributed by atoms with Crippen LogP contribution in [0.4, 0.5) is 0 Å². The van der Waals surface area contributed by atoms with E-state index in [-0.39, 0.29) is 16.8 Å². The quantitative estimate of drug-likeness (QED) is 0.606. The van der Waals surface area contributed by atoms with Crippen LogP contribution in [0.1, 0.15) is 39.0 Å². The fraction of sp³-hybridized carbons (Fsp3) is 0.667. The van der Waals surface area contributed by atoms with Gasteiger partial charge in [0.15, 0.2) is 6.10 Å². The van der Waals surface area contributed by atoms with Crippen LogP contribution in [0.2, 0.25) is 0 Å². The van der Waals surface area contributed by atoms with Crippen LogP contribution in [-0.2, 0) is 19.6 Å². The van der Waals surface area contributed by atoms with Gasteiger partial charge in [0.1, 0.15) is 5.75 Å². The van der Waals surface area contributed by atoms with Gasteiger partial charge in [-0.05, 0) is 44.0 Å². The number of carbonyl (C=O) groups is 1. The molecule has 1 aromatic carbocycles. The average Bonchev–Trinajstić information content (AvgIpc) is 2.75. The molecule has 1 aliphatic carbocycles. The van der Waals surface area contributed by atoms with Crippen LogP contribution >= 0.6 is 0 Å². The summed E-state index contributed by atoms with van der Waals surface area (Å²) in [5, 5.41) is 3.04. The summed E-state index contributed by atoms with van der Waals surface area (Å²) in [5.74, 6) is 0.330. The molecule has 0 spiro atoms. The Balaban J connectivity index is 1.46. The first-order chi connectivity index (χ1) is 14.4. The van der Waals surface area contributed by atoms with Crippen LogP contribution in [0.25, 0.3) is 0 Å². The zero-order chi connectivity index (χ0) is 21.4. The predicted octanol–water partition coefficient (Wildman–Crippen LogP) is 1.51. The van der Waals surface area contributed by atoms with Crippen LogP contribution in [0, 0.1) is 0 Å². The lowest BCUT2D eigenvalue weighted by atomic mass is 9.95. The third kappa shape index (κ3) is 6.94. The van der Waals surface area contributed by atoms with E-state index in [2.05, 4.69) is 14.9 Å². The van der Waals surface area contributed by atoms with Crippen molar-refractivity contribution in [3.63, 3.8) is 0 Å². The second kappa shape index (κ2) is 11.1. The van der Waals surface area contributed by atoms with Crippen molar-refractivity contribution in [2.45, 2.75) is 56.1 Å². The molecule has 0 unspecified atom stereocenters. The van der Waals surface area contributed by atoms with Crippen molar-refractivity contribution >= 4 is 15.9 Å². The molecule has 8 nitrogen and oxygen atoms in total. The SMILES string of the molecule is C[C@@H](Oc1ccc(S(=O)(=O)NCCN2CCOCC2)cc1)C(=O)NC1CCCCC1. The standard InChI is InChI=1S/C21H33N3O5S/c1-17(21(25)23-18-5-3-2-4-6-18)29-19-7-9-20(10-8-19)30(26,27)22-11-12-24-13-15-28-16-14-24/h7-10,17-18,22H,2-6,11-16H2,1H3,(H,23,25)/t17-/m1/s1. The summed E-state index contributed by atoms with van der Waals surface area (Å²) in [6.07, 6.45) is 4.93. The molecule has 168 valence electrons. The third-order valence-electron chi connectivity index (χ3n) is 5.59. The highest BCUT2D eigenvalue weighted by Crippen LogP contribution is 2.19. The first-order valence-corrected chi connectivity index (χ1v) is 12.3. The molecule has 3 rings (SSSR count). The van der Waals surface area contributed by atoms with E-state index in [1.807, 2.05) is 0 Å². The highest BCUT2D eigenvalue weighted by Gasteiger charge is 2.21. The van der Waals surface area contributed by atoms with Crippen molar-refractivity contribution < 1.29 is 22.7 Å². The number of sulfonamides is 1. The molecule has 0 radical (unpaired) electrons. The lowest BCUT2D eigenvalue weighted by Gasteiger charge is -2.26. The van der Waals surface area contributed by atoms with E-state index in [4.69, 9.17) is 9.47 Å². The third-order valence-corrected chi connectivity index (χ3v) is 7.07. The lowest BCUT2D eigenvalue weighted by Crippen LogP contribution is -2.43. The maximum Gasteiger partial charge on any atom is 0.260 e. The van der Waals surface area contributed by atoms with Gasteiger partial charge in [-0.1, -0.05) is 19.3 Å². The summed E-state index contributed by atoms with van der Waals surface area (Å²) < 4.78 is 38.6. The molecule has 0 aromatic heterocycles. The normalized spacial score (nSPS) is 19.9. The molecular formula is C21H33N3O5S. The Morgan fingerprint density at radius 1 is 1.17 bits per heavy atom. The monoisotopic (exact) mass is 439 g/mol. The average molecular weight is 440 g/mol. The number of benzene rings is 1. The first kappa shape index (κ1) is 23.0. The second-order valence-corrected chi connectivity index (χ2v) is 9.69. The molecule has 2 fully saturated rings. The number of hydrogen-bond acceptors (Lipinski definition) is 6. The molecule has 2 N–H and O–H groups in total. The molecule has 1 saturated heterocycles. The number of nitrogens with one attached hydrogen (secondary N) is 2. The van der Waals surface area contributed by atoms with Crippen molar-refractivity contribution in [1.82, 2.24) is 14.9 Å². The zero-order valence-electron chi connectivity index (χ0n) is 17.6. The molecule has 1 heterocycles. The Morgan fingerprint density at radius 2 is 1.83 bits per heavy atom. The lowest BCUT2D eigenvalue weighted by molar-refractivity contribution is -0.128. The van der Waals surface area contributed by atoms with Gasteiger partial charge in [-0.2, -0.15) is 0 Å². The summed E-state index contributed by atoms with van der Waals surface area (Å²) in [5.41, 5.74) is 0. The zero-order valence-corrected chi connectivity index (χ0v) is 18.5. The minimum absolute atomic E-state index is 0.136. The van der Waals surface area contributed by atoms with Crippen molar-refractivity contribution in [3.8, 4) is 5.75 Å². The van der Waals surface area contributed by atoms with E-state index in [1.54, 1.807) is 19.1 Å². The smallest absolute Gasteiger partial charge is 0.260 e. The molecule has 0 bridgehead atoms. The minimum Gasteiger partial charge on any atom is -0.481 e. The van der Waals surface area contributed by atoms with Crippen LogP contribution in [0.3, 0.4) is 0 Å². The maximum absolute atomic E-state index is 12.5. The number of amides is 1. The maximum atomic E-state index is 12.5. The van der Waals surface area contributed by atoms with Gasteiger partial charge < -0.3 is 14.8 Å². The van der Waals surface area contributed by atoms with Crippen molar-refractivity contribution in [1.29, 1.82) is 0 Å². The molecule has 1 atom stereocenters. The van der Waals surface area contributed by atoms with Crippen LogP contribution in [0.5, 0.6) is 5.75 Å². The Labute approximate surface area is 179 Å². The van der Waals surface area contributed by atoms with Crippen molar-refractivity contribution in [2.75, 3.05) is 39.4 Å². The Kier molecular flexibility index (Phi) is 8.50. The predicted molar refractivity (Wildman–Crippen MR) is 114 cm³/mol. The number of ether oxygens (including phenoxy) is 2. The van der Waals surface area contributed by atoms with E-state index in [1.165, 1.54) is 18.6 Å². The highest BCUT2D eigenvalue weighted by atomic mass is 32.2. The van der Waals surface area contributed by atoms with Gasteiger partial charge in [0.2, 0.25) is 10.0 Å². The molecule has 2 aliphatic rings. The molecule has 1 aromatic rings. The minimum atomic E-state index is -3.58. The van der Waals surface area contributed by atoms with E-state index in [0.717, 1.165) is 38.8 Å². The van der Waals surface area contributed by atoms with Gasteiger partial charge in [-0.15, -0.1) is 0 Å². The summed E-state index contributed by atoms with van der Waals surface area (Å²) in [6.45, 7) is 5.71. The first-order valence-electron chi connectivity index (χ1n) is 10.8. The van der Waals surface area contributed by atoms with Crippen LogP contribution in [0.15, 0.2) is 29.2 Å². The van der Waals surface area contributed by atoms with Crippen molar-refractivity contribution in [3.05, 3.63) is 24.3 Å². The number of carbonyl (C=O) groups excluding carboxylic acids is 1. The van der Waals surface area contributed by atoms with E-state index in [0.29, 0.717) is 32.1 Å². The molecule has 1 saturated carbocycles. The summed E-state index contributed by atoms with van der Waals surface area (Å²) >= 11 is 0. The summed E-state index contributed by atoms with van der Waals surface area (Å²) in [7, 11) is -3.58.